The van der Waals surface area contributed by atoms with Gasteiger partial charge in [-0.1, -0.05) is 32.0 Å². The molecule has 27 heavy (non-hydrogen) atoms. The average molecular weight is 369 g/mol. The summed E-state index contributed by atoms with van der Waals surface area (Å²) >= 11 is 0. The van der Waals surface area contributed by atoms with Crippen molar-refractivity contribution in [3.8, 4) is 11.5 Å². The molecule has 1 unspecified atom stereocenters. The second kappa shape index (κ2) is 8.75. The van der Waals surface area contributed by atoms with Crippen LogP contribution in [0, 0.1) is 5.92 Å². The number of nitrogens with zero attached hydrogens (tertiary/aromatic N) is 2. The van der Waals surface area contributed by atoms with E-state index in [9.17, 15) is 4.79 Å². The van der Waals surface area contributed by atoms with Crippen LogP contribution in [0.15, 0.2) is 42.7 Å². The number of pyridine rings is 1. The molecule has 0 saturated heterocycles. The van der Waals surface area contributed by atoms with Gasteiger partial charge in [-0.15, -0.1) is 0 Å². The first kappa shape index (κ1) is 19.0. The van der Waals surface area contributed by atoms with E-state index in [4.69, 9.17) is 9.47 Å². The number of aromatic nitrogens is 1. The lowest BCUT2D eigenvalue weighted by atomic mass is 9.97. The molecule has 0 fully saturated rings. The molecular weight excluding hydrogens is 342 g/mol. The summed E-state index contributed by atoms with van der Waals surface area (Å²) in [7, 11) is 1.63. The predicted octanol–water partition coefficient (Wildman–Crippen LogP) is 3.78. The molecule has 1 atom stereocenters. The number of carbonyl (C=O) groups is 1. The number of amides is 2. The van der Waals surface area contributed by atoms with Gasteiger partial charge in [-0.2, -0.15) is 0 Å². The lowest BCUT2D eigenvalue weighted by molar-refractivity contribution is 0.173. The minimum Gasteiger partial charge on any atom is -0.493 e. The Morgan fingerprint density at radius 2 is 2.15 bits per heavy atom. The molecule has 2 heterocycles. The molecule has 1 N–H and O–H groups in total. The van der Waals surface area contributed by atoms with Crippen LogP contribution in [0.3, 0.4) is 0 Å². The number of ether oxygens (including phenoxy) is 2. The third-order valence-electron chi connectivity index (χ3n) is 4.74. The van der Waals surface area contributed by atoms with Gasteiger partial charge in [0.2, 0.25) is 0 Å². The number of benzene rings is 1. The number of fused-ring (bicyclic) bond motifs is 1. The molecule has 2 aromatic rings. The van der Waals surface area contributed by atoms with Crippen LogP contribution in [0.1, 0.15) is 37.4 Å². The maximum atomic E-state index is 13.0. The summed E-state index contributed by atoms with van der Waals surface area (Å²) in [5.41, 5.74) is 1.96. The normalized spacial score (nSPS) is 15.2. The summed E-state index contributed by atoms with van der Waals surface area (Å²) in [5.74, 6) is 1.68. The highest BCUT2D eigenvalue weighted by Crippen LogP contribution is 2.33. The van der Waals surface area contributed by atoms with E-state index in [0.717, 1.165) is 23.3 Å². The van der Waals surface area contributed by atoms with Crippen molar-refractivity contribution < 1.29 is 14.3 Å². The van der Waals surface area contributed by atoms with E-state index < -0.39 is 0 Å². The number of hydrogen-bond acceptors (Lipinski definition) is 4. The fraction of sp³-hybridized carbons (Fsp3) is 0.429. The van der Waals surface area contributed by atoms with Crippen molar-refractivity contribution in [3.63, 3.8) is 0 Å². The van der Waals surface area contributed by atoms with Crippen LogP contribution < -0.4 is 14.8 Å². The Kier molecular flexibility index (Phi) is 6.16. The second-order valence-corrected chi connectivity index (χ2v) is 7.03. The van der Waals surface area contributed by atoms with Crippen LogP contribution in [0.4, 0.5) is 4.79 Å². The van der Waals surface area contributed by atoms with E-state index in [-0.39, 0.29) is 18.0 Å². The predicted molar refractivity (Wildman–Crippen MR) is 104 cm³/mol. The zero-order valence-corrected chi connectivity index (χ0v) is 16.1. The van der Waals surface area contributed by atoms with E-state index in [1.54, 1.807) is 13.3 Å². The largest absolute Gasteiger partial charge is 0.493 e. The molecule has 6 nitrogen and oxygen atoms in total. The van der Waals surface area contributed by atoms with Crippen LogP contribution in [-0.4, -0.2) is 36.2 Å². The van der Waals surface area contributed by atoms with Gasteiger partial charge in [0.05, 0.1) is 26.3 Å². The first-order valence-corrected chi connectivity index (χ1v) is 9.34. The van der Waals surface area contributed by atoms with Gasteiger partial charge in [0.1, 0.15) is 0 Å². The maximum Gasteiger partial charge on any atom is 0.318 e. The highest BCUT2D eigenvalue weighted by Gasteiger charge is 2.24. The fourth-order valence-corrected chi connectivity index (χ4v) is 3.32. The highest BCUT2D eigenvalue weighted by atomic mass is 16.5. The van der Waals surface area contributed by atoms with Crippen molar-refractivity contribution >= 4 is 6.03 Å². The number of carbonyl (C=O) groups excluding carboxylic acids is 1. The standard InChI is InChI=1S/C21H27N3O3/c1-15(2)19(16-8-5-10-22-13-16)23-21(25)24-11-6-12-27-20-17(14-24)7-4-9-18(20)26-3/h4-5,7-10,13,15,19H,6,11-12,14H2,1-3H3,(H,23,25). The Morgan fingerprint density at radius 1 is 1.30 bits per heavy atom. The van der Waals surface area contributed by atoms with E-state index in [0.29, 0.717) is 25.4 Å². The van der Waals surface area contributed by atoms with Crippen LogP contribution >= 0.6 is 0 Å². The van der Waals surface area contributed by atoms with E-state index in [1.165, 1.54) is 0 Å². The lowest BCUT2D eigenvalue weighted by Gasteiger charge is -2.30. The summed E-state index contributed by atoms with van der Waals surface area (Å²) in [6.07, 6.45) is 4.32. The zero-order valence-electron chi connectivity index (χ0n) is 16.1. The summed E-state index contributed by atoms with van der Waals surface area (Å²) < 4.78 is 11.3. The summed E-state index contributed by atoms with van der Waals surface area (Å²) in [5, 5.41) is 3.18. The topological polar surface area (TPSA) is 63.7 Å². The Labute approximate surface area is 160 Å². The Morgan fingerprint density at radius 3 is 2.85 bits per heavy atom. The van der Waals surface area contributed by atoms with Gasteiger partial charge in [0.25, 0.3) is 0 Å². The minimum atomic E-state index is -0.0855. The second-order valence-electron chi connectivity index (χ2n) is 7.03. The fourth-order valence-electron chi connectivity index (χ4n) is 3.32. The van der Waals surface area contributed by atoms with Crippen LogP contribution in [-0.2, 0) is 6.54 Å². The lowest BCUT2D eigenvalue weighted by Crippen LogP contribution is -2.43. The van der Waals surface area contributed by atoms with Gasteiger partial charge in [-0.05, 0) is 30.0 Å². The van der Waals surface area contributed by atoms with Crippen molar-refractivity contribution in [3.05, 3.63) is 53.9 Å². The number of rotatable bonds is 4. The van der Waals surface area contributed by atoms with Gasteiger partial charge in [0.15, 0.2) is 11.5 Å². The molecule has 0 spiro atoms. The average Bonchev–Trinajstić information content (AvgIpc) is 2.66. The Balaban J connectivity index is 1.79. The van der Waals surface area contributed by atoms with Gasteiger partial charge in [0, 0.05) is 24.5 Å². The van der Waals surface area contributed by atoms with E-state index in [2.05, 4.69) is 24.1 Å². The molecule has 1 aliphatic heterocycles. The molecule has 1 aromatic heterocycles. The highest BCUT2D eigenvalue weighted by molar-refractivity contribution is 5.75. The quantitative estimate of drug-likeness (QED) is 0.891. The number of para-hydroxylation sites is 1. The van der Waals surface area contributed by atoms with E-state index in [1.807, 2.05) is 41.4 Å². The molecule has 1 aliphatic rings. The molecule has 6 heteroatoms. The third-order valence-corrected chi connectivity index (χ3v) is 4.74. The molecular formula is C21H27N3O3. The SMILES string of the molecule is COc1cccc2c1OCCCN(C(=O)NC(c1cccnc1)C(C)C)C2. The van der Waals surface area contributed by atoms with Crippen molar-refractivity contribution in [2.45, 2.75) is 32.9 Å². The van der Waals surface area contributed by atoms with Crippen LogP contribution in [0.2, 0.25) is 0 Å². The molecule has 0 saturated carbocycles. The Bertz CT molecular complexity index is 765. The third kappa shape index (κ3) is 4.51. The first-order valence-electron chi connectivity index (χ1n) is 9.34. The number of methoxy groups -OCH3 is 1. The van der Waals surface area contributed by atoms with Crippen LogP contribution in [0.5, 0.6) is 11.5 Å². The maximum absolute atomic E-state index is 13.0. The molecule has 3 rings (SSSR count). The number of hydrogen-bond donors (Lipinski definition) is 1. The molecule has 144 valence electrons. The molecule has 1 aromatic carbocycles. The van der Waals surface area contributed by atoms with Crippen molar-refractivity contribution in [2.24, 2.45) is 5.92 Å². The van der Waals surface area contributed by atoms with Gasteiger partial charge < -0.3 is 19.7 Å². The van der Waals surface area contributed by atoms with E-state index >= 15 is 0 Å². The Hall–Kier alpha value is -2.76. The smallest absolute Gasteiger partial charge is 0.318 e. The number of nitrogens with one attached hydrogen (secondary N) is 1. The van der Waals surface area contributed by atoms with Gasteiger partial charge in [-0.25, -0.2) is 4.79 Å². The molecule has 0 bridgehead atoms. The van der Waals surface area contributed by atoms with Gasteiger partial charge >= 0.3 is 6.03 Å². The summed E-state index contributed by atoms with van der Waals surface area (Å²) in [4.78, 5) is 19.1. The molecule has 0 aliphatic carbocycles. The zero-order chi connectivity index (χ0) is 19.2. The molecule has 2 amide bonds. The minimum absolute atomic E-state index is 0.0757. The van der Waals surface area contributed by atoms with Gasteiger partial charge in [-0.3, -0.25) is 4.98 Å². The van der Waals surface area contributed by atoms with Crippen molar-refractivity contribution in [1.82, 2.24) is 15.2 Å². The monoisotopic (exact) mass is 369 g/mol. The number of urea groups is 1. The first-order chi connectivity index (χ1) is 13.1. The summed E-state index contributed by atoms with van der Waals surface area (Å²) in [6, 6.07) is 9.51. The van der Waals surface area contributed by atoms with Crippen LogP contribution in [0.25, 0.3) is 0 Å². The van der Waals surface area contributed by atoms with Crippen molar-refractivity contribution in [2.75, 3.05) is 20.3 Å². The van der Waals surface area contributed by atoms with Crippen molar-refractivity contribution in [1.29, 1.82) is 0 Å². The molecule has 0 radical (unpaired) electrons. The summed E-state index contributed by atoms with van der Waals surface area (Å²) in [6.45, 7) is 5.86.